The van der Waals surface area contributed by atoms with Crippen LogP contribution in [0.1, 0.15) is 33.3 Å². The van der Waals surface area contributed by atoms with E-state index >= 15 is 0 Å². The van der Waals surface area contributed by atoms with Gasteiger partial charge in [-0.05, 0) is 44.9 Å². The number of carbonyl (C=O) groups is 1. The Bertz CT molecular complexity index is 643. The summed E-state index contributed by atoms with van der Waals surface area (Å²) in [6.07, 6.45) is 0.887. The largest absolute Gasteiger partial charge is 0.379 e. The third kappa shape index (κ3) is 9.31. The third-order valence-electron chi connectivity index (χ3n) is 4.82. The first-order valence-electron chi connectivity index (χ1n) is 10.1. The Balaban J connectivity index is 0.00000420. The highest BCUT2D eigenvalue weighted by molar-refractivity contribution is 14.0. The van der Waals surface area contributed by atoms with Gasteiger partial charge in [-0.15, -0.1) is 24.0 Å². The summed E-state index contributed by atoms with van der Waals surface area (Å²) in [5, 5.41) is 9.53. The summed E-state index contributed by atoms with van der Waals surface area (Å²) in [7, 11) is 0. The molecule has 0 bridgehead atoms. The number of hydrogen-bond donors (Lipinski definition) is 3. The summed E-state index contributed by atoms with van der Waals surface area (Å²) in [6.45, 7) is 13.9. The van der Waals surface area contributed by atoms with Crippen molar-refractivity contribution in [3.8, 4) is 0 Å². The van der Waals surface area contributed by atoms with E-state index in [4.69, 9.17) is 9.73 Å². The fourth-order valence-corrected chi connectivity index (χ4v) is 3.17. The van der Waals surface area contributed by atoms with E-state index in [1.807, 2.05) is 24.3 Å². The molecule has 0 aliphatic carbocycles. The van der Waals surface area contributed by atoms with Crippen molar-refractivity contribution in [1.82, 2.24) is 15.5 Å². The van der Waals surface area contributed by atoms with E-state index < -0.39 is 0 Å². The average Bonchev–Trinajstić information content (AvgIpc) is 2.68. The highest BCUT2D eigenvalue weighted by atomic mass is 127. The van der Waals surface area contributed by atoms with E-state index in [9.17, 15) is 4.79 Å². The van der Waals surface area contributed by atoms with Crippen molar-refractivity contribution in [3.63, 3.8) is 0 Å². The van der Waals surface area contributed by atoms with Crippen molar-refractivity contribution in [2.24, 2.45) is 4.99 Å². The molecule has 0 saturated carbocycles. The van der Waals surface area contributed by atoms with Crippen LogP contribution in [0.15, 0.2) is 29.3 Å². The predicted octanol–water partition coefficient (Wildman–Crippen LogP) is 2.47. The van der Waals surface area contributed by atoms with E-state index in [0.29, 0.717) is 0 Å². The van der Waals surface area contributed by atoms with Crippen LogP contribution in [-0.4, -0.2) is 68.2 Å². The Kier molecular flexibility index (Phi) is 11.5. The van der Waals surface area contributed by atoms with E-state index in [1.54, 1.807) is 0 Å². The van der Waals surface area contributed by atoms with Gasteiger partial charge in [0.05, 0.1) is 19.8 Å². The molecule has 1 aliphatic rings. The molecule has 1 aromatic rings. The maximum absolute atomic E-state index is 11.1. The summed E-state index contributed by atoms with van der Waals surface area (Å²) in [4.78, 5) is 18.3. The molecule has 1 aliphatic heterocycles. The van der Waals surface area contributed by atoms with Crippen LogP contribution in [0.5, 0.6) is 0 Å². The van der Waals surface area contributed by atoms with Crippen molar-refractivity contribution in [3.05, 3.63) is 29.8 Å². The molecule has 0 atom stereocenters. The SMILES string of the molecule is CCNC(=NCC(C)(C)N1CCOCC1)NCCc1ccc(NC(C)=O)cc1.I. The number of morpholine rings is 1. The topological polar surface area (TPSA) is 78.0 Å². The zero-order valence-corrected chi connectivity index (χ0v) is 20.4. The van der Waals surface area contributed by atoms with Gasteiger partial charge >= 0.3 is 0 Å². The lowest BCUT2D eigenvalue weighted by Crippen LogP contribution is -2.52. The lowest BCUT2D eigenvalue weighted by atomic mass is 10.0. The number of rotatable bonds is 8. The molecule has 7 nitrogen and oxygen atoms in total. The smallest absolute Gasteiger partial charge is 0.221 e. The Morgan fingerprint density at radius 2 is 1.83 bits per heavy atom. The molecule has 1 saturated heterocycles. The number of nitrogens with zero attached hydrogens (tertiary/aromatic N) is 2. The Labute approximate surface area is 192 Å². The van der Waals surface area contributed by atoms with Crippen LogP contribution in [0.4, 0.5) is 5.69 Å². The number of hydrogen-bond acceptors (Lipinski definition) is 4. The number of benzene rings is 1. The van der Waals surface area contributed by atoms with E-state index in [-0.39, 0.29) is 35.4 Å². The number of ether oxygens (including phenoxy) is 1. The van der Waals surface area contributed by atoms with Gasteiger partial charge in [-0.3, -0.25) is 14.7 Å². The van der Waals surface area contributed by atoms with E-state index in [1.165, 1.54) is 12.5 Å². The first-order chi connectivity index (χ1) is 13.4. The van der Waals surface area contributed by atoms with Gasteiger partial charge < -0.3 is 20.7 Å². The molecule has 1 aromatic carbocycles. The molecule has 2 rings (SSSR count). The minimum absolute atomic E-state index is 0. The van der Waals surface area contributed by atoms with Gasteiger partial charge in [0.2, 0.25) is 5.91 Å². The first-order valence-corrected chi connectivity index (χ1v) is 10.1. The Morgan fingerprint density at radius 1 is 1.17 bits per heavy atom. The second kappa shape index (κ2) is 13.0. The number of carbonyl (C=O) groups excluding carboxylic acids is 1. The summed E-state index contributed by atoms with van der Waals surface area (Å²) in [6, 6.07) is 7.94. The number of anilines is 1. The monoisotopic (exact) mass is 517 g/mol. The minimum atomic E-state index is -0.0547. The lowest BCUT2D eigenvalue weighted by molar-refractivity contribution is -0.114. The predicted molar refractivity (Wildman–Crippen MR) is 130 cm³/mol. The average molecular weight is 517 g/mol. The standard InChI is InChI=1S/C21H35N5O2.HI/c1-5-22-20(24-16-21(3,4)26-12-14-28-15-13-26)23-11-10-18-6-8-19(9-7-18)25-17(2)27;/h6-9H,5,10-16H2,1-4H3,(H,25,27)(H2,22,23,24);1H. The fraction of sp³-hybridized carbons (Fsp3) is 0.619. The number of amides is 1. The second-order valence-electron chi connectivity index (χ2n) is 7.66. The van der Waals surface area contributed by atoms with Crippen molar-refractivity contribution >= 4 is 41.5 Å². The first kappa shape index (κ1) is 25.6. The van der Waals surface area contributed by atoms with Crippen LogP contribution >= 0.6 is 24.0 Å². The summed E-state index contributed by atoms with van der Waals surface area (Å²) in [5.74, 6) is 0.791. The zero-order chi connectivity index (χ0) is 20.4. The molecule has 0 aromatic heterocycles. The van der Waals surface area contributed by atoms with Crippen molar-refractivity contribution in [2.45, 2.75) is 39.7 Å². The van der Waals surface area contributed by atoms with Gasteiger partial charge in [-0.25, -0.2) is 0 Å². The summed E-state index contributed by atoms with van der Waals surface area (Å²) in [5.41, 5.74) is 2.04. The van der Waals surface area contributed by atoms with Crippen LogP contribution in [0.2, 0.25) is 0 Å². The number of aliphatic imine (C=N–C) groups is 1. The molecule has 0 unspecified atom stereocenters. The molecular weight excluding hydrogens is 481 g/mol. The normalized spacial score (nSPS) is 15.4. The molecule has 29 heavy (non-hydrogen) atoms. The van der Waals surface area contributed by atoms with Crippen molar-refractivity contribution in [1.29, 1.82) is 0 Å². The lowest BCUT2D eigenvalue weighted by Gasteiger charge is -2.39. The highest BCUT2D eigenvalue weighted by Crippen LogP contribution is 2.16. The minimum Gasteiger partial charge on any atom is -0.379 e. The van der Waals surface area contributed by atoms with Gasteiger partial charge in [-0.2, -0.15) is 0 Å². The fourth-order valence-electron chi connectivity index (χ4n) is 3.17. The van der Waals surface area contributed by atoms with Crippen LogP contribution in [0.3, 0.4) is 0 Å². The number of halogens is 1. The Morgan fingerprint density at radius 3 is 2.41 bits per heavy atom. The molecule has 8 heteroatoms. The van der Waals surface area contributed by atoms with Crippen LogP contribution < -0.4 is 16.0 Å². The van der Waals surface area contributed by atoms with E-state index in [0.717, 1.165) is 64.0 Å². The van der Waals surface area contributed by atoms with Crippen LogP contribution in [0.25, 0.3) is 0 Å². The maximum Gasteiger partial charge on any atom is 0.221 e. The third-order valence-corrected chi connectivity index (χ3v) is 4.82. The molecule has 0 spiro atoms. The second-order valence-corrected chi connectivity index (χ2v) is 7.66. The van der Waals surface area contributed by atoms with Gasteiger partial charge in [-0.1, -0.05) is 12.1 Å². The maximum atomic E-state index is 11.1. The van der Waals surface area contributed by atoms with Crippen molar-refractivity contribution in [2.75, 3.05) is 51.3 Å². The summed E-state index contributed by atoms with van der Waals surface area (Å²) >= 11 is 0. The molecule has 1 amide bonds. The van der Waals surface area contributed by atoms with Gasteiger partial charge in [0.15, 0.2) is 5.96 Å². The van der Waals surface area contributed by atoms with Gasteiger partial charge in [0.25, 0.3) is 0 Å². The van der Waals surface area contributed by atoms with E-state index in [2.05, 4.69) is 41.6 Å². The van der Waals surface area contributed by atoms with Crippen molar-refractivity contribution < 1.29 is 9.53 Å². The molecule has 3 N–H and O–H groups in total. The van der Waals surface area contributed by atoms with Gasteiger partial charge in [0.1, 0.15) is 0 Å². The molecule has 164 valence electrons. The number of guanidine groups is 1. The Hall–Kier alpha value is -1.39. The quantitative estimate of drug-likeness (QED) is 0.281. The van der Waals surface area contributed by atoms with Crippen LogP contribution in [0, 0.1) is 0 Å². The molecule has 0 radical (unpaired) electrons. The van der Waals surface area contributed by atoms with Gasteiger partial charge in [0, 0.05) is 44.3 Å². The molecule has 1 heterocycles. The summed E-state index contributed by atoms with van der Waals surface area (Å²) < 4.78 is 5.46. The highest BCUT2D eigenvalue weighted by Gasteiger charge is 2.28. The zero-order valence-electron chi connectivity index (χ0n) is 18.1. The van der Waals surface area contributed by atoms with Crippen LogP contribution in [-0.2, 0) is 16.0 Å². The number of nitrogens with one attached hydrogen (secondary N) is 3. The molecule has 1 fully saturated rings. The molecular formula is C21H36IN5O2.